The third kappa shape index (κ3) is 6.02. The summed E-state index contributed by atoms with van der Waals surface area (Å²) < 4.78 is 26.7. The SMILES string of the molecule is CCCN1CCC(CN2C(=S)N(c3ccc(F)cc3)C(=O)[C@H]2CC(=O)Nc2ccc(F)cc2)CC1. The Bertz CT molecular complexity index is 1060. The number of carbonyl (C=O) groups is 2. The van der Waals surface area contributed by atoms with Crippen LogP contribution in [0.25, 0.3) is 0 Å². The summed E-state index contributed by atoms with van der Waals surface area (Å²) in [5.74, 6) is -1.12. The number of hydrogen-bond donors (Lipinski definition) is 1. The molecule has 1 N–H and O–H groups in total. The summed E-state index contributed by atoms with van der Waals surface area (Å²) in [4.78, 5) is 32.0. The van der Waals surface area contributed by atoms with E-state index < -0.39 is 17.7 Å². The highest BCUT2D eigenvalue weighted by Gasteiger charge is 2.45. The number of likely N-dealkylation sites (tertiary alicyclic amines) is 1. The second-order valence-electron chi connectivity index (χ2n) is 9.15. The van der Waals surface area contributed by atoms with Crippen LogP contribution < -0.4 is 10.2 Å². The summed E-state index contributed by atoms with van der Waals surface area (Å²) in [5.41, 5.74) is 0.931. The fraction of sp³-hybridized carbons (Fsp3) is 0.423. The summed E-state index contributed by atoms with van der Waals surface area (Å²) in [6.45, 7) is 5.84. The number of thiocarbonyl (C=S) groups is 1. The number of benzene rings is 2. The number of nitrogens with one attached hydrogen (secondary N) is 1. The summed E-state index contributed by atoms with van der Waals surface area (Å²) in [7, 11) is 0. The van der Waals surface area contributed by atoms with Crippen molar-refractivity contribution < 1.29 is 18.4 Å². The molecule has 186 valence electrons. The van der Waals surface area contributed by atoms with Gasteiger partial charge in [0.2, 0.25) is 5.91 Å². The van der Waals surface area contributed by atoms with Crippen LogP contribution >= 0.6 is 12.2 Å². The van der Waals surface area contributed by atoms with Crippen LogP contribution in [0.5, 0.6) is 0 Å². The van der Waals surface area contributed by atoms with Crippen LogP contribution in [0.1, 0.15) is 32.6 Å². The van der Waals surface area contributed by atoms with Crippen molar-refractivity contribution in [3.8, 4) is 0 Å². The molecular weight excluding hydrogens is 470 g/mol. The molecule has 0 saturated carbocycles. The Morgan fingerprint density at radius 3 is 2.23 bits per heavy atom. The van der Waals surface area contributed by atoms with Gasteiger partial charge in [0.15, 0.2) is 5.11 Å². The van der Waals surface area contributed by atoms with Gasteiger partial charge in [-0.25, -0.2) is 8.78 Å². The van der Waals surface area contributed by atoms with E-state index in [1.807, 2.05) is 4.90 Å². The molecule has 2 saturated heterocycles. The molecular formula is C26H30F2N4O2S. The van der Waals surface area contributed by atoms with Crippen molar-refractivity contribution in [3.63, 3.8) is 0 Å². The molecule has 0 aromatic heterocycles. The highest BCUT2D eigenvalue weighted by molar-refractivity contribution is 7.80. The van der Waals surface area contributed by atoms with Gasteiger partial charge in [-0.05, 0) is 106 Å². The zero-order valence-corrected chi connectivity index (χ0v) is 20.6. The molecule has 0 bridgehead atoms. The third-order valence-electron chi connectivity index (χ3n) is 6.61. The molecule has 9 heteroatoms. The van der Waals surface area contributed by atoms with Crippen LogP contribution in [-0.2, 0) is 9.59 Å². The number of piperidine rings is 1. The highest BCUT2D eigenvalue weighted by Crippen LogP contribution is 2.30. The molecule has 2 aromatic rings. The highest BCUT2D eigenvalue weighted by atomic mass is 32.1. The predicted molar refractivity (Wildman–Crippen MR) is 136 cm³/mol. The molecule has 0 spiro atoms. The number of halogens is 2. The molecule has 2 aliphatic rings. The van der Waals surface area contributed by atoms with Gasteiger partial charge >= 0.3 is 0 Å². The summed E-state index contributed by atoms with van der Waals surface area (Å²) in [6.07, 6.45) is 3.02. The Balaban J connectivity index is 1.51. The predicted octanol–water partition coefficient (Wildman–Crippen LogP) is 4.42. The van der Waals surface area contributed by atoms with E-state index in [4.69, 9.17) is 12.2 Å². The monoisotopic (exact) mass is 500 g/mol. The van der Waals surface area contributed by atoms with Crippen molar-refractivity contribution in [2.24, 2.45) is 5.92 Å². The number of anilines is 2. The minimum absolute atomic E-state index is 0.0945. The van der Waals surface area contributed by atoms with Crippen molar-refractivity contribution in [2.45, 2.75) is 38.6 Å². The fourth-order valence-corrected chi connectivity index (χ4v) is 5.17. The Labute approximate surface area is 209 Å². The molecule has 2 aromatic carbocycles. The Hall–Kier alpha value is -2.91. The van der Waals surface area contributed by atoms with Crippen molar-refractivity contribution >= 4 is 40.5 Å². The summed E-state index contributed by atoms with van der Waals surface area (Å²) in [6, 6.07) is 10.3. The Morgan fingerprint density at radius 2 is 1.63 bits per heavy atom. The van der Waals surface area contributed by atoms with Gasteiger partial charge in [0.05, 0.1) is 12.1 Å². The average Bonchev–Trinajstić information content (AvgIpc) is 3.06. The van der Waals surface area contributed by atoms with Crippen LogP contribution in [0.4, 0.5) is 20.2 Å². The minimum Gasteiger partial charge on any atom is -0.336 e. The van der Waals surface area contributed by atoms with E-state index in [0.717, 1.165) is 38.9 Å². The Morgan fingerprint density at radius 1 is 1.03 bits per heavy atom. The Kier molecular flexibility index (Phi) is 8.07. The van der Waals surface area contributed by atoms with Crippen LogP contribution in [0.2, 0.25) is 0 Å². The smallest absolute Gasteiger partial charge is 0.256 e. The first kappa shape index (κ1) is 25.2. The van der Waals surface area contributed by atoms with Gasteiger partial charge in [-0.2, -0.15) is 0 Å². The topological polar surface area (TPSA) is 55.9 Å². The van der Waals surface area contributed by atoms with Crippen molar-refractivity contribution in [1.29, 1.82) is 0 Å². The van der Waals surface area contributed by atoms with E-state index in [-0.39, 0.29) is 18.2 Å². The van der Waals surface area contributed by atoms with Gasteiger partial charge < -0.3 is 15.1 Å². The molecule has 35 heavy (non-hydrogen) atoms. The second-order valence-corrected chi connectivity index (χ2v) is 9.51. The lowest BCUT2D eigenvalue weighted by Gasteiger charge is -2.35. The minimum atomic E-state index is -0.762. The van der Waals surface area contributed by atoms with Crippen LogP contribution in [-0.4, -0.2) is 58.9 Å². The summed E-state index contributed by atoms with van der Waals surface area (Å²) in [5, 5.41) is 3.07. The first-order valence-corrected chi connectivity index (χ1v) is 12.4. The van der Waals surface area contributed by atoms with Gasteiger partial charge in [0, 0.05) is 12.2 Å². The van der Waals surface area contributed by atoms with Crippen molar-refractivity contribution in [3.05, 3.63) is 60.2 Å². The van der Waals surface area contributed by atoms with Gasteiger partial charge in [0.25, 0.3) is 5.91 Å². The van der Waals surface area contributed by atoms with Gasteiger partial charge in [-0.3, -0.25) is 14.5 Å². The maximum absolute atomic E-state index is 13.5. The second kappa shape index (κ2) is 11.2. The normalized spacial score (nSPS) is 19.5. The maximum Gasteiger partial charge on any atom is 0.256 e. The van der Waals surface area contributed by atoms with E-state index in [1.54, 1.807) is 0 Å². The molecule has 4 rings (SSSR count). The molecule has 2 aliphatic heterocycles. The third-order valence-corrected chi connectivity index (χ3v) is 7.03. The fourth-order valence-electron chi connectivity index (χ4n) is 4.78. The zero-order valence-electron chi connectivity index (χ0n) is 19.8. The number of hydrogen-bond acceptors (Lipinski definition) is 4. The lowest BCUT2D eigenvalue weighted by Crippen LogP contribution is -2.44. The van der Waals surface area contributed by atoms with Crippen molar-refractivity contribution in [2.75, 3.05) is 36.4 Å². The van der Waals surface area contributed by atoms with E-state index in [9.17, 15) is 18.4 Å². The number of rotatable bonds is 8. The molecule has 2 fully saturated rings. The van der Waals surface area contributed by atoms with E-state index >= 15 is 0 Å². The quantitative estimate of drug-likeness (QED) is 0.544. The first-order valence-electron chi connectivity index (χ1n) is 12.0. The zero-order chi connectivity index (χ0) is 24.9. The average molecular weight is 501 g/mol. The lowest BCUT2D eigenvalue weighted by atomic mass is 9.95. The molecule has 0 radical (unpaired) electrons. The van der Waals surface area contributed by atoms with E-state index in [0.29, 0.717) is 28.9 Å². The number of amides is 2. The first-order chi connectivity index (χ1) is 16.9. The van der Waals surface area contributed by atoms with Crippen LogP contribution in [0, 0.1) is 17.6 Å². The standard InChI is InChI=1S/C26H30F2N4O2S/c1-2-13-30-14-11-18(12-15-30)17-31-23(16-24(33)29-21-7-3-19(27)4-8-21)25(34)32(26(31)35)22-9-5-20(28)6-10-22/h3-10,18,23H,2,11-17H2,1H3,(H,29,33)/t23-/m1/s1. The number of carbonyl (C=O) groups excluding carboxylic acids is 2. The molecule has 0 aliphatic carbocycles. The molecule has 2 heterocycles. The van der Waals surface area contributed by atoms with Crippen LogP contribution in [0.15, 0.2) is 48.5 Å². The van der Waals surface area contributed by atoms with Gasteiger partial charge in [-0.1, -0.05) is 6.92 Å². The molecule has 6 nitrogen and oxygen atoms in total. The van der Waals surface area contributed by atoms with Crippen molar-refractivity contribution in [1.82, 2.24) is 9.80 Å². The lowest BCUT2D eigenvalue weighted by molar-refractivity contribution is -0.124. The van der Waals surface area contributed by atoms with Crippen LogP contribution in [0.3, 0.4) is 0 Å². The molecule has 1 atom stereocenters. The summed E-state index contributed by atoms with van der Waals surface area (Å²) >= 11 is 5.71. The molecule has 0 unspecified atom stereocenters. The van der Waals surface area contributed by atoms with E-state index in [1.165, 1.54) is 53.4 Å². The largest absolute Gasteiger partial charge is 0.336 e. The molecule has 2 amide bonds. The van der Waals surface area contributed by atoms with E-state index in [2.05, 4.69) is 17.1 Å². The van der Waals surface area contributed by atoms with Gasteiger partial charge in [-0.15, -0.1) is 0 Å². The maximum atomic E-state index is 13.5. The number of nitrogens with zero attached hydrogens (tertiary/aromatic N) is 3. The van der Waals surface area contributed by atoms with Gasteiger partial charge in [0.1, 0.15) is 17.7 Å².